The van der Waals surface area contributed by atoms with E-state index in [1.807, 2.05) is 0 Å². The molecule has 3 rings (SSSR count). The molecule has 2 N–H and O–H groups in total. The lowest BCUT2D eigenvalue weighted by Crippen LogP contribution is -2.32. The number of hydrogen-bond donors (Lipinski definition) is 2. The number of esters is 2. The molecule has 0 aliphatic carbocycles. The van der Waals surface area contributed by atoms with Crippen LogP contribution in [0.1, 0.15) is 303 Å². The van der Waals surface area contributed by atoms with Gasteiger partial charge in [0.25, 0.3) is 5.56 Å². The van der Waals surface area contributed by atoms with E-state index in [9.17, 15) is 19.2 Å². The lowest BCUT2D eigenvalue weighted by Gasteiger charge is -2.19. The molecule has 0 aromatic carbocycles. The minimum absolute atomic E-state index is 0.0500. The van der Waals surface area contributed by atoms with E-state index < -0.39 is 24.0 Å². The third-order valence-corrected chi connectivity index (χ3v) is 14.3. The number of amides is 1. The summed E-state index contributed by atoms with van der Waals surface area (Å²) < 4.78 is 19.9. The standard InChI is InChI=1S/C58H103N5O7/c1-4-7-10-13-16-19-22-25-28-31-34-37-40-43-51(64)60-58-61-56-55(57(67)62-58)59-48-63(56)52-46-49(70-54(66)45-42-39-36-33-30-27-24-21-18-15-12-9-6-3)50(69-52)47-68-53(65)44-41-38-35-32-29-26-23-20-17-14-11-8-5-2/h48-50,52H,4-47H2,1-3H3,(H2,60,61,62,64,67)/t49-,50+,52+/m0/s1. The lowest BCUT2D eigenvalue weighted by atomic mass is 10.0. The fourth-order valence-corrected chi connectivity index (χ4v) is 9.89. The Balaban J connectivity index is 1.46. The smallest absolute Gasteiger partial charge is 0.306 e. The highest BCUT2D eigenvalue weighted by atomic mass is 16.6. The first kappa shape index (κ1) is 61.0. The molecule has 1 aliphatic heterocycles. The average Bonchev–Trinajstić information content (AvgIpc) is 3.96. The number of fused-ring (bicyclic) bond motifs is 1. The van der Waals surface area contributed by atoms with Crippen LogP contribution in [0.5, 0.6) is 0 Å². The van der Waals surface area contributed by atoms with Gasteiger partial charge in [-0.2, -0.15) is 4.98 Å². The highest BCUT2D eigenvalue weighted by molar-refractivity contribution is 5.89. The monoisotopic (exact) mass is 982 g/mol. The van der Waals surface area contributed by atoms with Crippen molar-refractivity contribution in [2.75, 3.05) is 11.9 Å². The summed E-state index contributed by atoms with van der Waals surface area (Å²) in [5.41, 5.74) is -0.110. The van der Waals surface area contributed by atoms with E-state index in [1.54, 1.807) is 4.57 Å². The molecule has 1 aliphatic rings. The van der Waals surface area contributed by atoms with Gasteiger partial charge in [-0.05, 0) is 19.3 Å². The fourth-order valence-electron chi connectivity index (χ4n) is 9.89. The van der Waals surface area contributed by atoms with Gasteiger partial charge >= 0.3 is 11.9 Å². The van der Waals surface area contributed by atoms with Crippen LogP contribution in [0.15, 0.2) is 11.1 Å². The summed E-state index contributed by atoms with van der Waals surface area (Å²) in [4.78, 5) is 63.9. The summed E-state index contributed by atoms with van der Waals surface area (Å²) in [5, 5.41) is 2.78. The first-order chi connectivity index (χ1) is 34.4. The molecular formula is C58H103N5O7. The van der Waals surface area contributed by atoms with E-state index in [1.165, 1.54) is 199 Å². The Hall–Kier alpha value is -3.28. The van der Waals surface area contributed by atoms with Crippen molar-refractivity contribution in [3.05, 3.63) is 16.7 Å². The number of nitrogens with one attached hydrogen (secondary N) is 2. The number of ether oxygens (including phenoxy) is 3. The number of unbranched alkanes of at least 4 members (excludes halogenated alkanes) is 36. The Morgan fingerprint density at radius 1 is 0.571 bits per heavy atom. The normalized spacial score (nSPS) is 15.8. The van der Waals surface area contributed by atoms with Crippen LogP contribution in [-0.4, -0.2) is 56.2 Å². The second kappa shape index (κ2) is 41.2. The van der Waals surface area contributed by atoms with E-state index in [-0.39, 0.29) is 48.0 Å². The van der Waals surface area contributed by atoms with Crippen molar-refractivity contribution < 1.29 is 28.6 Å². The molecule has 3 heterocycles. The average molecular weight is 982 g/mol. The number of nitrogens with zero attached hydrogens (tertiary/aromatic N) is 3. The zero-order chi connectivity index (χ0) is 50.1. The van der Waals surface area contributed by atoms with E-state index >= 15 is 0 Å². The minimum atomic E-state index is -0.699. The number of carbonyl (C=O) groups excluding carboxylic acids is 3. The Bertz CT molecular complexity index is 1680. The third-order valence-electron chi connectivity index (χ3n) is 14.3. The molecule has 0 bridgehead atoms. The number of aromatic amines is 1. The van der Waals surface area contributed by atoms with Crippen molar-refractivity contribution in [2.45, 2.75) is 315 Å². The maximum absolute atomic E-state index is 13.2. The van der Waals surface area contributed by atoms with E-state index in [0.717, 1.165) is 57.8 Å². The molecule has 12 heteroatoms. The van der Waals surface area contributed by atoms with Gasteiger partial charge in [0.2, 0.25) is 11.9 Å². The summed E-state index contributed by atoms with van der Waals surface area (Å²) >= 11 is 0. The fraction of sp³-hybridized carbons (Fsp3) is 0.862. The van der Waals surface area contributed by atoms with Gasteiger partial charge in [-0.15, -0.1) is 0 Å². The highest BCUT2D eigenvalue weighted by Gasteiger charge is 2.40. The number of rotatable bonds is 47. The number of anilines is 1. The van der Waals surface area contributed by atoms with E-state index in [4.69, 9.17) is 14.2 Å². The summed E-state index contributed by atoms with van der Waals surface area (Å²) in [6, 6.07) is 0. The first-order valence-corrected chi connectivity index (χ1v) is 29.6. The molecule has 402 valence electrons. The Kier molecular flexibility index (Phi) is 35.9. The number of carbonyl (C=O) groups is 3. The first-order valence-electron chi connectivity index (χ1n) is 29.6. The van der Waals surface area contributed by atoms with Crippen LogP contribution >= 0.6 is 0 Å². The summed E-state index contributed by atoms with van der Waals surface area (Å²) in [7, 11) is 0. The Morgan fingerprint density at radius 3 is 1.39 bits per heavy atom. The molecule has 12 nitrogen and oxygen atoms in total. The molecule has 2 aromatic heterocycles. The number of aromatic nitrogens is 4. The van der Waals surface area contributed by atoms with Crippen LogP contribution in [0.3, 0.4) is 0 Å². The predicted molar refractivity (Wildman–Crippen MR) is 287 cm³/mol. The predicted octanol–water partition coefficient (Wildman–Crippen LogP) is 16.2. The van der Waals surface area contributed by atoms with Crippen molar-refractivity contribution in [1.82, 2.24) is 19.5 Å². The second-order valence-corrected chi connectivity index (χ2v) is 20.8. The van der Waals surface area contributed by atoms with Crippen molar-refractivity contribution in [2.24, 2.45) is 0 Å². The summed E-state index contributed by atoms with van der Waals surface area (Å²) in [5.74, 6) is -0.729. The topological polar surface area (TPSA) is 155 Å². The van der Waals surface area contributed by atoms with Crippen molar-refractivity contribution in [3.8, 4) is 0 Å². The van der Waals surface area contributed by atoms with Crippen molar-refractivity contribution >= 4 is 35.0 Å². The molecule has 0 saturated carbocycles. The molecule has 0 spiro atoms. The molecular weight excluding hydrogens is 879 g/mol. The molecule has 1 fully saturated rings. The van der Waals surface area contributed by atoms with Crippen molar-refractivity contribution in [3.63, 3.8) is 0 Å². The van der Waals surface area contributed by atoms with Gasteiger partial charge in [0.05, 0.1) is 6.33 Å². The Morgan fingerprint density at radius 2 is 0.957 bits per heavy atom. The number of imidazole rings is 1. The summed E-state index contributed by atoms with van der Waals surface area (Å²) in [6.07, 6.45) is 48.7. The minimum Gasteiger partial charge on any atom is -0.463 e. The lowest BCUT2D eigenvalue weighted by molar-refractivity contribution is -0.158. The van der Waals surface area contributed by atoms with Crippen LogP contribution in [0, 0.1) is 0 Å². The molecule has 1 amide bonds. The van der Waals surface area contributed by atoms with Crippen LogP contribution in [0.4, 0.5) is 5.95 Å². The second-order valence-electron chi connectivity index (χ2n) is 20.8. The highest BCUT2D eigenvalue weighted by Crippen LogP contribution is 2.33. The maximum atomic E-state index is 13.2. The molecule has 0 radical (unpaired) electrons. The molecule has 70 heavy (non-hydrogen) atoms. The SMILES string of the molecule is CCCCCCCCCCCCCCCC(=O)Nc1nc2c(ncn2[C@H]2C[C@H](OC(=O)CCCCCCCCCCCCCCC)[C@@H](COC(=O)CCCCCCCCCCCCCCC)O2)c(=O)[nH]1. The summed E-state index contributed by atoms with van der Waals surface area (Å²) in [6.45, 7) is 6.73. The Labute approximate surface area is 425 Å². The van der Waals surface area contributed by atoms with Gasteiger partial charge in [-0.1, -0.05) is 252 Å². The van der Waals surface area contributed by atoms with Crippen LogP contribution in [0.25, 0.3) is 11.2 Å². The molecule has 3 atom stereocenters. The quantitative estimate of drug-likeness (QED) is 0.0487. The van der Waals surface area contributed by atoms with E-state index in [2.05, 4.69) is 41.0 Å². The third kappa shape index (κ3) is 28.7. The van der Waals surface area contributed by atoms with Gasteiger partial charge < -0.3 is 14.2 Å². The van der Waals surface area contributed by atoms with Gasteiger partial charge in [-0.25, -0.2) is 4.98 Å². The van der Waals surface area contributed by atoms with Gasteiger partial charge in [0, 0.05) is 25.7 Å². The van der Waals surface area contributed by atoms with Crippen LogP contribution in [0.2, 0.25) is 0 Å². The van der Waals surface area contributed by atoms with Crippen molar-refractivity contribution in [1.29, 1.82) is 0 Å². The zero-order valence-corrected chi connectivity index (χ0v) is 45.1. The van der Waals surface area contributed by atoms with Crippen LogP contribution < -0.4 is 10.9 Å². The zero-order valence-electron chi connectivity index (χ0n) is 45.1. The number of H-pyrrole nitrogens is 1. The van der Waals surface area contributed by atoms with Gasteiger partial charge in [-0.3, -0.25) is 34.0 Å². The molecule has 1 saturated heterocycles. The van der Waals surface area contributed by atoms with Gasteiger partial charge in [0.1, 0.15) is 25.0 Å². The molecule has 0 unspecified atom stereocenters. The van der Waals surface area contributed by atoms with Crippen LogP contribution in [-0.2, 0) is 28.6 Å². The van der Waals surface area contributed by atoms with E-state index in [0.29, 0.717) is 19.3 Å². The number of hydrogen-bond acceptors (Lipinski definition) is 9. The maximum Gasteiger partial charge on any atom is 0.306 e. The molecule has 2 aromatic rings. The van der Waals surface area contributed by atoms with Gasteiger partial charge in [0.15, 0.2) is 11.2 Å². The largest absolute Gasteiger partial charge is 0.463 e.